The predicted molar refractivity (Wildman–Crippen MR) is 112 cm³/mol. The number of rotatable bonds is 7. The largest absolute Gasteiger partial charge is 0.459 e. The molecule has 152 valence electrons. The Hall–Kier alpha value is -3.49. The second-order valence-electron chi connectivity index (χ2n) is 6.72. The lowest BCUT2D eigenvalue weighted by atomic mass is 10.1. The van der Waals surface area contributed by atoms with Crippen molar-refractivity contribution >= 4 is 17.3 Å². The Labute approximate surface area is 177 Å². The molecule has 1 unspecified atom stereocenters. The number of halogens is 1. The molecule has 0 saturated heterocycles. The molecule has 1 N–H and O–H groups in total. The highest BCUT2D eigenvalue weighted by atomic mass is 35.5. The zero-order valence-corrected chi connectivity index (χ0v) is 16.8. The van der Waals surface area contributed by atoms with Crippen LogP contribution in [-0.4, -0.2) is 19.7 Å². The van der Waals surface area contributed by atoms with Crippen LogP contribution in [0.15, 0.2) is 71.7 Å². The summed E-state index contributed by atoms with van der Waals surface area (Å²) in [5, 5.41) is 19.1. The maximum absolute atomic E-state index is 11.3. The second-order valence-corrected chi connectivity index (χ2v) is 7.16. The molecule has 4 rings (SSSR count). The predicted octanol–water partition coefficient (Wildman–Crippen LogP) is 4.94. The lowest BCUT2D eigenvalue weighted by molar-refractivity contribution is -0.384. The van der Waals surface area contributed by atoms with Crippen LogP contribution in [0.5, 0.6) is 0 Å². The van der Waals surface area contributed by atoms with Gasteiger partial charge in [-0.1, -0.05) is 23.7 Å². The van der Waals surface area contributed by atoms with Crippen LogP contribution < -0.4 is 5.32 Å². The molecule has 0 spiro atoms. The molecule has 2 aromatic heterocycles. The second kappa shape index (κ2) is 8.48. The van der Waals surface area contributed by atoms with E-state index in [0.29, 0.717) is 28.7 Å². The van der Waals surface area contributed by atoms with Crippen molar-refractivity contribution in [1.82, 2.24) is 20.1 Å². The molecule has 0 aliphatic carbocycles. The van der Waals surface area contributed by atoms with Crippen molar-refractivity contribution in [3.63, 3.8) is 0 Å². The van der Waals surface area contributed by atoms with E-state index in [1.807, 2.05) is 24.3 Å². The number of nitro benzene ring substituents is 1. The lowest BCUT2D eigenvalue weighted by Gasteiger charge is -2.14. The van der Waals surface area contributed by atoms with Gasteiger partial charge in [-0.05, 0) is 48.9 Å². The smallest absolute Gasteiger partial charge is 0.281 e. The number of nitrogens with one attached hydrogen (secondary N) is 1. The van der Waals surface area contributed by atoms with Crippen LogP contribution in [0.2, 0.25) is 5.02 Å². The van der Waals surface area contributed by atoms with Gasteiger partial charge in [0.1, 0.15) is 24.2 Å². The standard InChI is InChI=1S/C21H18ClN5O3/c1-14(15-2-5-17(6-3-15)26-13-23-12-25-26)24-11-18-7-9-21(30-18)19-8-4-16(22)10-20(19)27(28)29/h2-10,12-14,24H,11H2,1H3. The molecule has 8 nitrogen and oxygen atoms in total. The average Bonchev–Trinajstić information content (AvgIpc) is 3.44. The van der Waals surface area contributed by atoms with Gasteiger partial charge in [-0.2, -0.15) is 5.10 Å². The summed E-state index contributed by atoms with van der Waals surface area (Å²) < 4.78 is 7.52. The Balaban J connectivity index is 1.43. The van der Waals surface area contributed by atoms with Gasteiger partial charge in [-0.25, -0.2) is 9.67 Å². The fourth-order valence-corrected chi connectivity index (χ4v) is 3.28. The first-order valence-corrected chi connectivity index (χ1v) is 9.60. The number of hydrogen-bond acceptors (Lipinski definition) is 6. The third-order valence-electron chi connectivity index (χ3n) is 4.74. The molecule has 0 bridgehead atoms. The van der Waals surface area contributed by atoms with Gasteiger partial charge in [0, 0.05) is 17.1 Å². The number of benzene rings is 2. The van der Waals surface area contributed by atoms with Crippen molar-refractivity contribution in [3.8, 4) is 17.0 Å². The highest BCUT2D eigenvalue weighted by Crippen LogP contribution is 2.33. The third kappa shape index (κ3) is 4.24. The Morgan fingerprint density at radius 1 is 1.20 bits per heavy atom. The number of aromatic nitrogens is 3. The zero-order valence-electron chi connectivity index (χ0n) is 16.0. The van der Waals surface area contributed by atoms with E-state index in [1.165, 1.54) is 12.4 Å². The van der Waals surface area contributed by atoms with Gasteiger partial charge in [0.25, 0.3) is 5.69 Å². The Morgan fingerprint density at radius 2 is 2.00 bits per heavy atom. The summed E-state index contributed by atoms with van der Waals surface area (Å²) in [6.07, 6.45) is 3.14. The van der Waals surface area contributed by atoms with Crippen molar-refractivity contribution in [3.05, 3.63) is 93.7 Å². The molecule has 0 amide bonds. The minimum absolute atomic E-state index is 0.0771. The number of nitro groups is 1. The minimum Gasteiger partial charge on any atom is -0.459 e. The molecule has 0 aliphatic rings. The van der Waals surface area contributed by atoms with Crippen LogP contribution >= 0.6 is 11.6 Å². The van der Waals surface area contributed by atoms with E-state index in [-0.39, 0.29) is 11.7 Å². The van der Waals surface area contributed by atoms with E-state index in [0.717, 1.165) is 11.3 Å². The molecular weight excluding hydrogens is 406 g/mol. The van der Waals surface area contributed by atoms with Gasteiger partial charge < -0.3 is 9.73 Å². The first-order chi connectivity index (χ1) is 14.5. The van der Waals surface area contributed by atoms with Crippen LogP contribution in [0.3, 0.4) is 0 Å². The maximum Gasteiger partial charge on any atom is 0.281 e. The molecule has 0 radical (unpaired) electrons. The average molecular weight is 424 g/mol. The molecule has 30 heavy (non-hydrogen) atoms. The number of nitrogens with zero attached hydrogens (tertiary/aromatic N) is 4. The Kier molecular flexibility index (Phi) is 5.60. The normalized spacial score (nSPS) is 12.1. The van der Waals surface area contributed by atoms with Gasteiger partial charge >= 0.3 is 0 Å². The first kappa shape index (κ1) is 19.8. The van der Waals surface area contributed by atoms with Crippen LogP contribution in [-0.2, 0) is 6.54 Å². The van der Waals surface area contributed by atoms with Gasteiger partial charge in [-0.3, -0.25) is 10.1 Å². The summed E-state index contributed by atoms with van der Waals surface area (Å²) in [6, 6.07) is 16.1. The van der Waals surface area contributed by atoms with E-state index >= 15 is 0 Å². The fourth-order valence-electron chi connectivity index (χ4n) is 3.11. The molecule has 1 atom stereocenters. The third-order valence-corrected chi connectivity index (χ3v) is 4.98. The summed E-state index contributed by atoms with van der Waals surface area (Å²) in [7, 11) is 0. The fraction of sp³-hybridized carbons (Fsp3) is 0.143. The van der Waals surface area contributed by atoms with E-state index in [9.17, 15) is 10.1 Å². The Morgan fingerprint density at radius 3 is 2.70 bits per heavy atom. The molecule has 2 heterocycles. The Bertz CT molecular complexity index is 1160. The van der Waals surface area contributed by atoms with Crippen LogP contribution in [0, 0.1) is 10.1 Å². The topological polar surface area (TPSA) is 99.0 Å². The maximum atomic E-state index is 11.3. The van der Waals surface area contributed by atoms with E-state index in [2.05, 4.69) is 22.3 Å². The summed E-state index contributed by atoms with van der Waals surface area (Å²) in [6.45, 7) is 2.53. The first-order valence-electron chi connectivity index (χ1n) is 9.22. The van der Waals surface area contributed by atoms with Crippen LogP contribution in [0.4, 0.5) is 5.69 Å². The van der Waals surface area contributed by atoms with Crippen molar-refractivity contribution in [2.24, 2.45) is 0 Å². The van der Waals surface area contributed by atoms with Gasteiger partial charge in [-0.15, -0.1) is 0 Å². The number of hydrogen-bond donors (Lipinski definition) is 1. The zero-order chi connectivity index (χ0) is 21.1. The lowest BCUT2D eigenvalue weighted by Crippen LogP contribution is -2.17. The van der Waals surface area contributed by atoms with Gasteiger partial charge in [0.15, 0.2) is 0 Å². The molecule has 0 aliphatic heterocycles. The molecule has 0 fully saturated rings. The summed E-state index contributed by atoms with van der Waals surface area (Å²) in [4.78, 5) is 14.8. The summed E-state index contributed by atoms with van der Waals surface area (Å²) in [5.41, 5.74) is 2.35. The molecule has 0 saturated carbocycles. The highest BCUT2D eigenvalue weighted by molar-refractivity contribution is 6.30. The summed E-state index contributed by atoms with van der Waals surface area (Å²) in [5.74, 6) is 1.11. The van der Waals surface area contributed by atoms with Crippen molar-refractivity contribution < 1.29 is 9.34 Å². The summed E-state index contributed by atoms with van der Waals surface area (Å²) >= 11 is 5.88. The molecule has 2 aromatic carbocycles. The minimum atomic E-state index is -0.466. The van der Waals surface area contributed by atoms with Crippen LogP contribution in [0.1, 0.15) is 24.3 Å². The molecular formula is C21H18ClN5O3. The molecule has 9 heteroatoms. The van der Waals surface area contributed by atoms with Crippen molar-refractivity contribution in [2.75, 3.05) is 0 Å². The van der Waals surface area contributed by atoms with E-state index in [1.54, 1.807) is 35.3 Å². The van der Waals surface area contributed by atoms with Crippen molar-refractivity contribution in [2.45, 2.75) is 19.5 Å². The SMILES string of the molecule is CC(NCc1ccc(-c2ccc(Cl)cc2[N+](=O)[O-])o1)c1ccc(-n2cncn2)cc1. The van der Waals surface area contributed by atoms with Gasteiger partial charge in [0.2, 0.25) is 0 Å². The highest BCUT2D eigenvalue weighted by Gasteiger charge is 2.19. The van der Waals surface area contributed by atoms with E-state index < -0.39 is 4.92 Å². The van der Waals surface area contributed by atoms with E-state index in [4.69, 9.17) is 16.0 Å². The van der Waals surface area contributed by atoms with Gasteiger partial charge in [0.05, 0.1) is 22.7 Å². The molecule has 4 aromatic rings. The van der Waals surface area contributed by atoms with Crippen LogP contribution in [0.25, 0.3) is 17.0 Å². The number of furan rings is 1. The van der Waals surface area contributed by atoms with Crippen molar-refractivity contribution in [1.29, 1.82) is 0 Å². The quantitative estimate of drug-likeness (QED) is 0.334. The monoisotopic (exact) mass is 423 g/mol.